The fourth-order valence-electron chi connectivity index (χ4n) is 1.97. The van der Waals surface area contributed by atoms with Crippen LogP contribution in [0.5, 0.6) is 0 Å². The summed E-state index contributed by atoms with van der Waals surface area (Å²) in [5.74, 6) is 0. The lowest BCUT2D eigenvalue weighted by atomic mass is 10.2. The van der Waals surface area contributed by atoms with E-state index in [-0.39, 0.29) is 9.92 Å². The zero-order chi connectivity index (χ0) is 15.5. The van der Waals surface area contributed by atoms with Gasteiger partial charge in [0.15, 0.2) is 0 Å². The minimum absolute atomic E-state index is 0.0365. The van der Waals surface area contributed by atoms with Crippen molar-refractivity contribution in [2.24, 2.45) is 0 Å². The Morgan fingerprint density at radius 3 is 2.33 bits per heavy atom. The lowest BCUT2D eigenvalue weighted by Gasteiger charge is -2.21. The summed E-state index contributed by atoms with van der Waals surface area (Å²) in [7, 11) is -3.69. The van der Waals surface area contributed by atoms with Crippen LogP contribution in [0.1, 0.15) is 12.5 Å². The number of rotatable bonds is 5. The van der Waals surface area contributed by atoms with E-state index in [0.717, 1.165) is 5.56 Å². The average molecular weight is 344 g/mol. The highest BCUT2D eigenvalue weighted by molar-refractivity contribution is 7.89. The number of benzene rings is 2. The van der Waals surface area contributed by atoms with E-state index in [0.29, 0.717) is 18.1 Å². The molecule has 0 fully saturated rings. The summed E-state index contributed by atoms with van der Waals surface area (Å²) in [4.78, 5) is 0.0365. The molecule has 2 rings (SSSR count). The molecule has 3 nitrogen and oxygen atoms in total. The van der Waals surface area contributed by atoms with Crippen LogP contribution in [0.3, 0.4) is 0 Å². The highest BCUT2D eigenvalue weighted by atomic mass is 35.5. The normalized spacial score (nSPS) is 11.8. The van der Waals surface area contributed by atoms with Crippen LogP contribution in [-0.4, -0.2) is 19.3 Å². The van der Waals surface area contributed by atoms with E-state index in [1.807, 2.05) is 30.3 Å². The molecular weight excluding hydrogens is 329 g/mol. The van der Waals surface area contributed by atoms with E-state index in [1.165, 1.54) is 16.4 Å². The van der Waals surface area contributed by atoms with Gasteiger partial charge in [0.05, 0.1) is 5.02 Å². The van der Waals surface area contributed by atoms with E-state index >= 15 is 0 Å². The molecule has 21 heavy (non-hydrogen) atoms. The van der Waals surface area contributed by atoms with Gasteiger partial charge >= 0.3 is 0 Å². The molecule has 0 bridgehead atoms. The molecule has 0 aliphatic rings. The zero-order valence-corrected chi connectivity index (χ0v) is 13.8. The third kappa shape index (κ3) is 3.77. The quantitative estimate of drug-likeness (QED) is 0.815. The van der Waals surface area contributed by atoms with Crippen molar-refractivity contribution >= 4 is 33.2 Å². The first-order chi connectivity index (χ1) is 9.95. The van der Waals surface area contributed by atoms with Crippen molar-refractivity contribution in [2.45, 2.75) is 18.4 Å². The lowest BCUT2D eigenvalue weighted by Crippen LogP contribution is -2.30. The highest BCUT2D eigenvalue weighted by Crippen LogP contribution is 2.28. The minimum atomic E-state index is -3.69. The molecule has 0 radical (unpaired) electrons. The van der Waals surface area contributed by atoms with Crippen LogP contribution < -0.4 is 0 Å². The Kier molecular flexibility index (Phi) is 5.27. The second-order valence-corrected chi connectivity index (χ2v) is 7.24. The predicted molar refractivity (Wildman–Crippen MR) is 86.2 cm³/mol. The monoisotopic (exact) mass is 343 g/mol. The molecule has 2 aromatic carbocycles. The smallest absolute Gasteiger partial charge is 0.207 e. The molecule has 0 N–H and O–H groups in total. The second-order valence-electron chi connectivity index (χ2n) is 4.49. The molecule has 0 atom stereocenters. The maximum atomic E-state index is 12.7. The molecule has 0 saturated heterocycles. The first-order valence-corrected chi connectivity index (χ1v) is 8.64. The van der Waals surface area contributed by atoms with Gasteiger partial charge in [0.1, 0.15) is 4.90 Å². The van der Waals surface area contributed by atoms with Crippen molar-refractivity contribution in [3.63, 3.8) is 0 Å². The van der Waals surface area contributed by atoms with Gasteiger partial charge in [0.2, 0.25) is 10.0 Å². The molecule has 0 aromatic heterocycles. The molecule has 0 aliphatic heterocycles. The van der Waals surface area contributed by atoms with Crippen molar-refractivity contribution in [3.05, 3.63) is 64.1 Å². The molecular formula is C15H15Cl2NO2S. The minimum Gasteiger partial charge on any atom is -0.207 e. The molecule has 112 valence electrons. The van der Waals surface area contributed by atoms with Gasteiger partial charge < -0.3 is 0 Å². The van der Waals surface area contributed by atoms with E-state index in [9.17, 15) is 8.42 Å². The summed E-state index contributed by atoms with van der Waals surface area (Å²) < 4.78 is 26.8. The molecule has 2 aromatic rings. The molecule has 0 unspecified atom stereocenters. The van der Waals surface area contributed by atoms with Gasteiger partial charge in [-0.25, -0.2) is 8.42 Å². The molecule has 6 heteroatoms. The summed E-state index contributed by atoms with van der Waals surface area (Å²) in [6, 6.07) is 13.9. The summed E-state index contributed by atoms with van der Waals surface area (Å²) in [6.45, 7) is 2.43. The van der Waals surface area contributed by atoms with Gasteiger partial charge in [-0.2, -0.15) is 4.31 Å². The van der Waals surface area contributed by atoms with E-state index in [4.69, 9.17) is 23.2 Å². The van der Waals surface area contributed by atoms with Crippen LogP contribution in [0.25, 0.3) is 0 Å². The van der Waals surface area contributed by atoms with Crippen molar-refractivity contribution in [2.75, 3.05) is 6.54 Å². The zero-order valence-electron chi connectivity index (χ0n) is 11.5. The third-order valence-electron chi connectivity index (χ3n) is 3.07. The standard InChI is InChI=1S/C15H15Cl2NO2S/c1-2-18(11-12-6-4-3-5-7-12)21(19,20)15-10-13(16)8-9-14(15)17/h3-10H,2,11H2,1H3. The summed E-state index contributed by atoms with van der Waals surface area (Å²) >= 11 is 11.9. The Labute approximate surface area is 135 Å². The van der Waals surface area contributed by atoms with Crippen LogP contribution in [0.4, 0.5) is 0 Å². The van der Waals surface area contributed by atoms with Crippen LogP contribution in [0, 0.1) is 0 Å². The Morgan fingerprint density at radius 2 is 1.71 bits per heavy atom. The summed E-state index contributed by atoms with van der Waals surface area (Å²) in [6.07, 6.45) is 0. The number of hydrogen-bond donors (Lipinski definition) is 0. The second kappa shape index (κ2) is 6.79. The van der Waals surface area contributed by atoms with Crippen LogP contribution in [0.15, 0.2) is 53.4 Å². The Balaban J connectivity index is 2.38. The van der Waals surface area contributed by atoms with Crippen molar-refractivity contribution in [3.8, 4) is 0 Å². The molecule has 0 spiro atoms. The molecule has 0 aliphatic carbocycles. The van der Waals surface area contributed by atoms with Gasteiger partial charge in [-0.05, 0) is 23.8 Å². The van der Waals surface area contributed by atoms with Crippen molar-refractivity contribution < 1.29 is 8.42 Å². The molecule has 0 saturated carbocycles. The van der Waals surface area contributed by atoms with Gasteiger partial charge in [0.25, 0.3) is 0 Å². The fourth-order valence-corrected chi connectivity index (χ4v) is 4.14. The molecule has 0 amide bonds. The van der Waals surface area contributed by atoms with Gasteiger partial charge in [-0.15, -0.1) is 0 Å². The Morgan fingerprint density at radius 1 is 1.05 bits per heavy atom. The topological polar surface area (TPSA) is 37.4 Å². The molecule has 0 heterocycles. The number of hydrogen-bond acceptors (Lipinski definition) is 2. The highest BCUT2D eigenvalue weighted by Gasteiger charge is 2.25. The summed E-state index contributed by atoms with van der Waals surface area (Å²) in [5, 5.41) is 0.514. The summed E-state index contributed by atoms with van der Waals surface area (Å²) in [5.41, 5.74) is 0.918. The van der Waals surface area contributed by atoms with Crippen molar-refractivity contribution in [1.82, 2.24) is 4.31 Å². The first kappa shape index (κ1) is 16.3. The number of halogens is 2. The predicted octanol–water partition coefficient (Wildman–Crippen LogP) is 4.20. The van der Waals surface area contributed by atoms with E-state index < -0.39 is 10.0 Å². The number of sulfonamides is 1. The maximum absolute atomic E-state index is 12.7. The van der Waals surface area contributed by atoms with Crippen LogP contribution in [0.2, 0.25) is 10.0 Å². The average Bonchev–Trinajstić information content (AvgIpc) is 2.48. The van der Waals surface area contributed by atoms with Gasteiger partial charge in [-0.1, -0.05) is 60.5 Å². The SMILES string of the molecule is CCN(Cc1ccccc1)S(=O)(=O)c1cc(Cl)ccc1Cl. The van der Waals surface area contributed by atoms with Crippen LogP contribution in [-0.2, 0) is 16.6 Å². The Bertz CT molecular complexity index is 718. The van der Waals surface area contributed by atoms with E-state index in [1.54, 1.807) is 13.0 Å². The van der Waals surface area contributed by atoms with Crippen molar-refractivity contribution in [1.29, 1.82) is 0 Å². The van der Waals surface area contributed by atoms with Gasteiger partial charge in [0, 0.05) is 18.1 Å². The fraction of sp³-hybridized carbons (Fsp3) is 0.200. The Hall–Kier alpha value is -1.07. The van der Waals surface area contributed by atoms with Crippen LogP contribution >= 0.6 is 23.2 Å². The van der Waals surface area contributed by atoms with E-state index in [2.05, 4.69) is 0 Å². The number of nitrogens with zero attached hydrogens (tertiary/aromatic N) is 1. The lowest BCUT2D eigenvalue weighted by molar-refractivity contribution is 0.423. The van der Waals surface area contributed by atoms with Gasteiger partial charge in [-0.3, -0.25) is 0 Å². The third-order valence-corrected chi connectivity index (χ3v) is 5.70. The maximum Gasteiger partial charge on any atom is 0.244 e. The largest absolute Gasteiger partial charge is 0.244 e. The first-order valence-electron chi connectivity index (χ1n) is 6.44.